The van der Waals surface area contributed by atoms with Gasteiger partial charge in [0.25, 0.3) is 5.91 Å². The van der Waals surface area contributed by atoms with E-state index < -0.39 is 0 Å². The molecule has 1 aromatic rings. The lowest BCUT2D eigenvalue weighted by Crippen LogP contribution is -2.25. The zero-order valence-corrected chi connectivity index (χ0v) is 20.6. The third-order valence-corrected chi connectivity index (χ3v) is 5.95. The van der Waals surface area contributed by atoms with Crippen LogP contribution in [0.1, 0.15) is 133 Å². The topological polar surface area (TPSA) is 38.3 Å². The van der Waals surface area contributed by atoms with E-state index in [0.29, 0.717) is 17.9 Å². The van der Waals surface area contributed by atoms with E-state index in [0.717, 1.165) is 25.8 Å². The first kappa shape index (κ1) is 27.5. The molecule has 178 valence electrons. The van der Waals surface area contributed by atoms with Crippen LogP contribution in [0, 0.1) is 0 Å². The molecule has 3 heteroatoms. The van der Waals surface area contributed by atoms with Gasteiger partial charge in [0, 0.05) is 6.54 Å². The number of nitrogens with one attached hydrogen (secondary N) is 1. The number of carbonyl (C=O) groups excluding carboxylic acids is 1. The van der Waals surface area contributed by atoms with Crippen molar-refractivity contribution in [3.05, 3.63) is 29.8 Å². The number of ether oxygens (including phenoxy) is 1. The van der Waals surface area contributed by atoms with Gasteiger partial charge in [-0.15, -0.1) is 0 Å². The van der Waals surface area contributed by atoms with Gasteiger partial charge < -0.3 is 10.1 Å². The summed E-state index contributed by atoms with van der Waals surface area (Å²) in [6, 6.07) is 7.59. The fourth-order valence-corrected chi connectivity index (χ4v) is 3.93. The molecule has 0 spiro atoms. The van der Waals surface area contributed by atoms with E-state index in [1.54, 1.807) is 0 Å². The fourth-order valence-electron chi connectivity index (χ4n) is 3.93. The van der Waals surface area contributed by atoms with Gasteiger partial charge in [0.05, 0.1) is 12.2 Å². The first-order valence-corrected chi connectivity index (χ1v) is 13.3. The highest BCUT2D eigenvalue weighted by Gasteiger charge is 2.11. The molecule has 0 atom stereocenters. The zero-order valence-electron chi connectivity index (χ0n) is 20.6. The van der Waals surface area contributed by atoms with Gasteiger partial charge in [-0.3, -0.25) is 4.79 Å². The molecule has 0 radical (unpaired) electrons. The Morgan fingerprint density at radius 1 is 0.677 bits per heavy atom. The van der Waals surface area contributed by atoms with Crippen molar-refractivity contribution < 1.29 is 9.53 Å². The van der Waals surface area contributed by atoms with Gasteiger partial charge in [0.15, 0.2) is 0 Å². The third-order valence-electron chi connectivity index (χ3n) is 5.95. The van der Waals surface area contributed by atoms with Crippen molar-refractivity contribution in [1.29, 1.82) is 0 Å². The van der Waals surface area contributed by atoms with Crippen molar-refractivity contribution in [2.24, 2.45) is 0 Å². The molecule has 31 heavy (non-hydrogen) atoms. The summed E-state index contributed by atoms with van der Waals surface area (Å²) in [6.45, 7) is 5.89. The molecule has 0 aliphatic heterocycles. The van der Waals surface area contributed by atoms with Crippen molar-refractivity contribution in [2.45, 2.75) is 123 Å². The predicted molar refractivity (Wildman–Crippen MR) is 134 cm³/mol. The van der Waals surface area contributed by atoms with Crippen LogP contribution < -0.4 is 10.1 Å². The minimum atomic E-state index is -0.0132. The first-order chi connectivity index (χ1) is 15.3. The minimum Gasteiger partial charge on any atom is -0.493 e. The Kier molecular flexibility index (Phi) is 18.1. The summed E-state index contributed by atoms with van der Waals surface area (Å²) in [7, 11) is 0. The molecule has 0 bridgehead atoms. The Labute approximate surface area is 192 Å². The molecular formula is C28H49NO2. The zero-order chi connectivity index (χ0) is 22.4. The van der Waals surface area contributed by atoms with Gasteiger partial charge in [-0.05, 0) is 25.0 Å². The van der Waals surface area contributed by atoms with Crippen LogP contribution in [0.3, 0.4) is 0 Å². The quantitative estimate of drug-likeness (QED) is 0.198. The maximum Gasteiger partial charge on any atom is 0.255 e. The van der Waals surface area contributed by atoms with Crippen LogP contribution in [-0.4, -0.2) is 19.1 Å². The number of hydrogen-bond donors (Lipinski definition) is 1. The highest BCUT2D eigenvalue weighted by atomic mass is 16.5. The molecular weight excluding hydrogens is 382 g/mol. The van der Waals surface area contributed by atoms with Crippen LogP contribution in [0.5, 0.6) is 5.75 Å². The summed E-state index contributed by atoms with van der Waals surface area (Å²) >= 11 is 0. The lowest BCUT2D eigenvalue weighted by atomic mass is 10.0. The van der Waals surface area contributed by atoms with Gasteiger partial charge in [0.1, 0.15) is 5.75 Å². The van der Waals surface area contributed by atoms with Crippen molar-refractivity contribution in [2.75, 3.05) is 13.2 Å². The number of amides is 1. The fraction of sp³-hybridized carbons (Fsp3) is 0.750. The monoisotopic (exact) mass is 431 g/mol. The molecule has 3 nitrogen and oxygen atoms in total. The van der Waals surface area contributed by atoms with E-state index in [1.807, 2.05) is 24.3 Å². The van der Waals surface area contributed by atoms with E-state index in [-0.39, 0.29) is 5.91 Å². The average molecular weight is 432 g/mol. The molecule has 0 aromatic heterocycles. The smallest absolute Gasteiger partial charge is 0.255 e. The second-order valence-corrected chi connectivity index (χ2v) is 8.90. The maximum absolute atomic E-state index is 12.5. The van der Waals surface area contributed by atoms with E-state index >= 15 is 0 Å². The highest BCUT2D eigenvalue weighted by molar-refractivity contribution is 5.96. The van der Waals surface area contributed by atoms with E-state index in [1.165, 1.54) is 89.9 Å². The van der Waals surface area contributed by atoms with Crippen molar-refractivity contribution in [3.63, 3.8) is 0 Å². The van der Waals surface area contributed by atoms with Crippen LogP contribution >= 0.6 is 0 Å². The standard InChI is InChI=1S/C28H49NO2/c1-3-5-7-8-9-10-11-12-13-14-15-16-17-20-24-29-28(30)26-22-18-19-23-27(26)31-25-21-6-4-2/h18-19,22-23H,3-17,20-21,24-25H2,1-2H3,(H,29,30). The summed E-state index contributed by atoms with van der Waals surface area (Å²) in [6.07, 6.45) is 22.3. The number of benzene rings is 1. The predicted octanol–water partition coefficient (Wildman–Crippen LogP) is 8.47. The maximum atomic E-state index is 12.5. The minimum absolute atomic E-state index is 0.0132. The van der Waals surface area contributed by atoms with Crippen LogP contribution in [0.4, 0.5) is 0 Å². The highest BCUT2D eigenvalue weighted by Crippen LogP contribution is 2.18. The number of rotatable bonds is 21. The Hall–Kier alpha value is -1.51. The van der Waals surface area contributed by atoms with Gasteiger partial charge in [-0.25, -0.2) is 0 Å². The molecule has 1 N–H and O–H groups in total. The second-order valence-electron chi connectivity index (χ2n) is 8.90. The summed E-state index contributed by atoms with van der Waals surface area (Å²) in [5.74, 6) is 0.692. The van der Waals surface area contributed by atoms with Crippen LogP contribution in [0.25, 0.3) is 0 Å². The normalized spacial score (nSPS) is 10.9. The Morgan fingerprint density at radius 3 is 1.74 bits per heavy atom. The Bertz CT molecular complexity index is 544. The Balaban J connectivity index is 1.99. The molecule has 0 aliphatic rings. The molecule has 0 saturated carbocycles. The SMILES string of the molecule is CCCCCCCCCCCCCCCCNC(=O)c1ccccc1OCCCCC. The van der Waals surface area contributed by atoms with Crippen molar-refractivity contribution in [1.82, 2.24) is 5.32 Å². The van der Waals surface area contributed by atoms with E-state index in [9.17, 15) is 4.79 Å². The largest absolute Gasteiger partial charge is 0.493 e. The van der Waals surface area contributed by atoms with Crippen molar-refractivity contribution >= 4 is 5.91 Å². The van der Waals surface area contributed by atoms with E-state index in [2.05, 4.69) is 19.2 Å². The lowest BCUT2D eigenvalue weighted by Gasteiger charge is -2.11. The second kappa shape index (κ2) is 20.4. The number of hydrogen-bond acceptors (Lipinski definition) is 2. The third kappa shape index (κ3) is 15.0. The summed E-state index contributed by atoms with van der Waals surface area (Å²) in [5.41, 5.74) is 0.657. The molecule has 0 saturated heterocycles. The number of unbranched alkanes of at least 4 members (excludes halogenated alkanes) is 15. The number of para-hydroxylation sites is 1. The summed E-state index contributed by atoms with van der Waals surface area (Å²) in [5, 5.41) is 3.07. The average Bonchev–Trinajstić information content (AvgIpc) is 2.79. The van der Waals surface area contributed by atoms with Crippen molar-refractivity contribution in [3.8, 4) is 5.75 Å². The van der Waals surface area contributed by atoms with Crippen LogP contribution in [-0.2, 0) is 0 Å². The lowest BCUT2D eigenvalue weighted by molar-refractivity contribution is 0.0948. The first-order valence-electron chi connectivity index (χ1n) is 13.3. The Morgan fingerprint density at radius 2 is 1.16 bits per heavy atom. The van der Waals surface area contributed by atoms with Crippen LogP contribution in [0.15, 0.2) is 24.3 Å². The molecule has 0 unspecified atom stereocenters. The molecule has 1 aromatic carbocycles. The number of carbonyl (C=O) groups is 1. The van der Waals surface area contributed by atoms with Gasteiger partial charge >= 0.3 is 0 Å². The van der Waals surface area contributed by atoms with Gasteiger partial charge in [-0.2, -0.15) is 0 Å². The van der Waals surface area contributed by atoms with Gasteiger partial charge in [-0.1, -0.05) is 122 Å². The molecule has 0 fully saturated rings. The van der Waals surface area contributed by atoms with Crippen LogP contribution in [0.2, 0.25) is 0 Å². The summed E-state index contributed by atoms with van der Waals surface area (Å²) < 4.78 is 5.83. The molecule has 1 rings (SSSR count). The van der Waals surface area contributed by atoms with Gasteiger partial charge in [0.2, 0.25) is 0 Å². The molecule has 0 aliphatic carbocycles. The molecule has 0 heterocycles. The molecule has 1 amide bonds. The van der Waals surface area contributed by atoms with E-state index in [4.69, 9.17) is 4.74 Å². The summed E-state index contributed by atoms with van der Waals surface area (Å²) in [4.78, 5) is 12.5.